The van der Waals surface area contributed by atoms with E-state index in [0.29, 0.717) is 25.7 Å². The lowest BCUT2D eigenvalue weighted by Crippen LogP contribution is -2.04. The van der Waals surface area contributed by atoms with Crippen molar-refractivity contribution in [2.75, 3.05) is 14.2 Å². The lowest BCUT2D eigenvalue weighted by Gasteiger charge is -2.08. The normalized spacial score (nSPS) is 10.8. The molecule has 0 unspecified atom stereocenters. The van der Waals surface area contributed by atoms with Crippen LogP contribution in [0.5, 0.6) is 0 Å². The molecule has 0 fully saturated rings. The van der Waals surface area contributed by atoms with Crippen LogP contribution < -0.4 is 0 Å². The van der Waals surface area contributed by atoms with Gasteiger partial charge >= 0.3 is 11.9 Å². The third-order valence-electron chi connectivity index (χ3n) is 5.12. The smallest absolute Gasteiger partial charge is 0.305 e. The number of carbonyl (C=O) groups excluding carboxylic acids is 2. The number of hydrogen-bond acceptors (Lipinski definition) is 4. The maximum Gasteiger partial charge on any atom is 0.305 e. The molecule has 2 heterocycles. The molecule has 6 heteroatoms. The predicted octanol–water partition coefficient (Wildman–Crippen LogP) is 3.45. The Bertz CT molecular complexity index is 746. The van der Waals surface area contributed by atoms with Gasteiger partial charge in [-0.2, -0.15) is 0 Å². The second-order valence-corrected chi connectivity index (χ2v) is 6.61. The summed E-state index contributed by atoms with van der Waals surface area (Å²) in [6.45, 7) is 8.16. The van der Waals surface area contributed by atoms with Gasteiger partial charge in [0.15, 0.2) is 0 Å². The number of carbonyl (C=O) groups is 2. The summed E-state index contributed by atoms with van der Waals surface area (Å²) >= 11 is 0. The van der Waals surface area contributed by atoms with Gasteiger partial charge in [-0.3, -0.25) is 9.59 Å². The molecule has 0 saturated heterocycles. The van der Waals surface area contributed by atoms with Crippen LogP contribution in [-0.4, -0.2) is 36.1 Å². The standard InChI is InChI=1S/C20H28N2O4/c1-11-13(3)21-19(15(11)7-9-17(23)25-5)20-16(8-10-18(24)26-6)12(2)14(4)22-20/h21-22H,7-10H2,1-6H3. The summed E-state index contributed by atoms with van der Waals surface area (Å²) < 4.78 is 9.56. The number of hydrogen-bond donors (Lipinski definition) is 2. The third kappa shape index (κ3) is 4.00. The number of esters is 2. The fraction of sp³-hybridized carbons (Fsp3) is 0.500. The molecule has 2 N–H and O–H groups in total. The second-order valence-electron chi connectivity index (χ2n) is 6.61. The molecule has 26 heavy (non-hydrogen) atoms. The maximum absolute atomic E-state index is 11.6. The monoisotopic (exact) mass is 360 g/mol. The highest BCUT2D eigenvalue weighted by atomic mass is 16.5. The van der Waals surface area contributed by atoms with Crippen LogP contribution in [0.15, 0.2) is 0 Å². The minimum Gasteiger partial charge on any atom is -0.469 e. The molecule has 0 bridgehead atoms. The van der Waals surface area contributed by atoms with Crippen LogP contribution in [-0.2, 0) is 31.9 Å². The van der Waals surface area contributed by atoms with Crippen molar-refractivity contribution in [3.05, 3.63) is 33.6 Å². The molecule has 2 rings (SSSR count). The van der Waals surface area contributed by atoms with Crippen LogP contribution in [0.25, 0.3) is 11.4 Å². The quantitative estimate of drug-likeness (QED) is 0.741. The van der Waals surface area contributed by atoms with Crippen molar-refractivity contribution in [1.82, 2.24) is 9.97 Å². The van der Waals surface area contributed by atoms with Crippen molar-refractivity contribution in [3.63, 3.8) is 0 Å². The van der Waals surface area contributed by atoms with Gasteiger partial charge in [0.2, 0.25) is 0 Å². The molecule has 0 aromatic carbocycles. The topological polar surface area (TPSA) is 84.2 Å². The number of aromatic amines is 2. The summed E-state index contributed by atoms with van der Waals surface area (Å²) in [5.74, 6) is -0.446. The van der Waals surface area contributed by atoms with Crippen LogP contribution in [0.1, 0.15) is 46.5 Å². The van der Waals surface area contributed by atoms with Crippen LogP contribution in [0.2, 0.25) is 0 Å². The molecule has 0 aliphatic carbocycles. The number of nitrogens with one attached hydrogen (secondary N) is 2. The second kappa shape index (κ2) is 8.25. The van der Waals surface area contributed by atoms with Crippen LogP contribution in [0, 0.1) is 27.7 Å². The van der Waals surface area contributed by atoms with Gasteiger partial charge in [0.25, 0.3) is 0 Å². The van der Waals surface area contributed by atoms with Gasteiger partial charge in [0.05, 0.1) is 25.6 Å². The van der Waals surface area contributed by atoms with Gasteiger partial charge in [0, 0.05) is 24.2 Å². The van der Waals surface area contributed by atoms with Crippen molar-refractivity contribution in [3.8, 4) is 11.4 Å². The molecule has 6 nitrogen and oxygen atoms in total. The summed E-state index contributed by atoms with van der Waals surface area (Å²) in [5.41, 5.74) is 8.62. The van der Waals surface area contributed by atoms with Crippen molar-refractivity contribution in [2.45, 2.75) is 53.4 Å². The molecular weight excluding hydrogens is 332 g/mol. The first kappa shape index (κ1) is 19.8. The summed E-state index contributed by atoms with van der Waals surface area (Å²) in [4.78, 5) is 30.1. The van der Waals surface area contributed by atoms with E-state index in [2.05, 4.69) is 23.8 Å². The minimum absolute atomic E-state index is 0.223. The molecule has 0 aliphatic rings. The largest absolute Gasteiger partial charge is 0.469 e. The van der Waals surface area contributed by atoms with Crippen LogP contribution >= 0.6 is 0 Å². The Kier molecular flexibility index (Phi) is 6.29. The van der Waals surface area contributed by atoms with E-state index >= 15 is 0 Å². The van der Waals surface area contributed by atoms with E-state index in [-0.39, 0.29) is 11.9 Å². The Balaban J connectivity index is 2.44. The number of ether oxygens (including phenoxy) is 2. The van der Waals surface area contributed by atoms with Gasteiger partial charge in [-0.25, -0.2) is 0 Å². The maximum atomic E-state index is 11.6. The lowest BCUT2D eigenvalue weighted by molar-refractivity contribution is -0.141. The number of H-pyrrole nitrogens is 2. The molecule has 0 atom stereocenters. The predicted molar refractivity (Wildman–Crippen MR) is 100 cm³/mol. The number of aromatic nitrogens is 2. The van der Waals surface area contributed by atoms with Crippen molar-refractivity contribution < 1.29 is 19.1 Å². The van der Waals surface area contributed by atoms with E-state index in [0.717, 1.165) is 45.0 Å². The fourth-order valence-electron chi connectivity index (χ4n) is 3.25. The summed E-state index contributed by atoms with van der Waals surface area (Å²) in [5, 5.41) is 0. The van der Waals surface area contributed by atoms with Gasteiger partial charge in [0.1, 0.15) is 0 Å². The molecule has 2 aromatic rings. The Morgan fingerprint density at radius 3 is 1.38 bits per heavy atom. The highest BCUT2D eigenvalue weighted by Crippen LogP contribution is 2.33. The van der Waals surface area contributed by atoms with E-state index in [1.807, 2.05) is 13.8 Å². The van der Waals surface area contributed by atoms with Crippen molar-refractivity contribution in [1.29, 1.82) is 0 Å². The Hall–Kier alpha value is -2.50. The van der Waals surface area contributed by atoms with Crippen LogP contribution in [0.3, 0.4) is 0 Å². The zero-order chi connectivity index (χ0) is 19.4. The molecule has 0 amide bonds. The molecule has 2 aromatic heterocycles. The van der Waals surface area contributed by atoms with Gasteiger partial charge in [-0.1, -0.05) is 0 Å². The minimum atomic E-state index is -0.223. The molecule has 0 aliphatic heterocycles. The summed E-state index contributed by atoms with van der Waals surface area (Å²) in [6, 6.07) is 0. The fourth-order valence-corrected chi connectivity index (χ4v) is 3.25. The summed E-state index contributed by atoms with van der Waals surface area (Å²) in [6.07, 6.45) is 1.87. The van der Waals surface area contributed by atoms with E-state index in [1.165, 1.54) is 14.2 Å². The molecule has 0 radical (unpaired) electrons. The first-order chi connectivity index (χ1) is 12.3. The first-order valence-corrected chi connectivity index (χ1v) is 8.80. The molecule has 142 valence electrons. The molecular formula is C20H28N2O4. The molecule has 0 saturated carbocycles. The number of rotatable bonds is 7. The molecule has 0 spiro atoms. The van der Waals surface area contributed by atoms with E-state index < -0.39 is 0 Å². The zero-order valence-corrected chi connectivity index (χ0v) is 16.5. The third-order valence-corrected chi connectivity index (χ3v) is 5.12. The zero-order valence-electron chi connectivity index (χ0n) is 16.5. The van der Waals surface area contributed by atoms with Gasteiger partial charge < -0.3 is 19.4 Å². The highest BCUT2D eigenvalue weighted by molar-refractivity contribution is 5.74. The average molecular weight is 360 g/mol. The van der Waals surface area contributed by atoms with E-state index in [1.54, 1.807) is 0 Å². The highest BCUT2D eigenvalue weighted by Gasteiger charge is 2.21. The van der Waals surface area contributed by atoms with Gasteiger partial charge in [-0.05, 0) is 62.8 Å². The Morgan fingerprint density at radius 2 is 1.08 bits per heavy atom. The Morgan fingerprint density at radius 1 is 0.731 bits per heavy atom. The number of methoxy groups -OCH3 is 2. The average Bonchev–Trinajstić information content (AvgIpc) is 3.07. The van der Waals surface area contributed by atoms with Crippen LogP contribution in [0.4, 0.5) is 0 Å². The first-order valence-electron chi connectivity index (χ1n) is 8.80. The summed E-state index contributed by atoms with van der Waals surface area (Å²) in [7, 11) is 2.81. The SMILES string of the molecule is COC(=O)CCc1c(-c2[nH]c(C)c(C)c2CCC(=O)OC)[nH]c(C)c1C. The Labute approximate surface area is 154 Å². The van der Waals surface area contributed by atoms with Crippen molar-refractivity contribution >= 4 is 11.9 Å². The number of aryl methyl sites for hydroxylation is 2. The van der Waals surface area contributed by atoms with Crippen molar-refractivity contribution in [2.24, 2.45) is 0 Å². The van der Waals surface area contributed by atoms with Gasteiger partial charge in [-0.15, -0.1) is 0 Å². The van der Waals surface area contributed by atoms with E-state index in [4.69, 9.17) is 9.47 Å². The van der Waals surface area contributed by atoms with E-state index in [9.17, 15) is 9.59 Å². The lowest BCUT2D eigenvalue weighted by atomic mass is 9.98.